The van der Waals surface area contributed by atoms with Gasteiger partial charge in [0.2, 0.25) is 0 Å². The Bertz CT molecular complexity index is 345. The Morgan fingerprint density at radius 3 is 2.40 bits per heavy atom. The van der Waals surface area contributed by atoms with E-state index >= 15 is 0 Å². The van der Waals surface area contributed by atoms with Crippen LogP contribution < -0.4 is 11.1 Å². The van der Waals surface area contributed by atoms with Gasteiger partial charge in [0.05, 0.1) is 6.10 Å². The maximum absolute atomic E-state index is 9.61. The largest absolute Gasteiger partial charge is 0.399 e. The van der Waals surface area contributed by atoms with Crippen LogP contribution >= 0.6 is 0 Å². The zero-order chi connectivity index (χ0) is 11.1. The van der Waals surface area contributed by atoms with Crippen LogP contribution in [0, 0.1) is 5.41 Å². The molecule has 1 saturated carbocycles. The van der Waals surface area contributed by atoms with E-state index in [2.05, 4.69) is 19.2 Å². The van der Waals surface area contributed by atoms with E-state index in [1.807, 2.05) is 24.3 Å². The Balaban J connectivity index is 2.02. The zero-order valence-corrected chi connectivity index (χ0v) is 9.20. The molecule has 2 unspecified atom stereocenters. The van der Waals surface area contributed by atoms with Gasteiger partial charge in [0.1, 0.15) is 0 Å². The summed E-state index contributed by atoms with van der Waals surface area (Å²) in [5.41, 5.74) is 7.41. The molecule has 1 fully saturated rings. The van der Waals surface area contributed by atoms with E-state index in [0.717, 1.165) is 17.8 Å². The van der Waals surface area contributed by atoms with E-state index in [1.54, 1.807) is 0 Å². The van der Waals surface area contributed by atoms with E-state index in [4.69, 9.17) is 5.73 Å². The SMILES string of the molecule is CC1(C)C(O)CC1Nc1ccc(N)cc1. The lowest BCUT2D eigenvalue weighted by atomic mass is 9.64. The fourth-order valence-corrected chi connectivity index (χ4v) is 1.93. The Hall–Kier alpha value is -1.22. The van der Waals surface area contributed by atoms with Crippen molar-refractivity contribution in [2.45, 2.75) is 32.4 Å². The zero-order valence-electron chi connectivity index (χ0n) is 9.20. The van der Waals surface area contributed by atoms with Crippen molar-refractivity contribution in [3.05, 3.63) is 24.3 Å². The lowest BCUT2D eigenvalue weighted by molar-refractivity contribution is -0.0510. The minimum Gasteiger partial charge on any atom is -0.399 e. The number of benzene rings is 1. The van der Waals surface area contributed by atoms with Crippen molar-refractivity contribution in [2.75, 3.05) is 11.1 Å². The summed E-state index contributed by atoms with van der Waals surface area (Å²) in [5.74, 6) is 0. The van der Waals surface area contributed by atoms with E-state index < -0.39 is 0 Å². The summed E-state index contributed by atoms with van der Waals surface area (Å²) in [5, 5.41) is 13.0. The van der Waals surface area contributed by atoms with Crippen LogP contribution in [0.25, 0.3) is 0 Å². The third kappa shape index (κ3) is 1.79. The van der Waals surface area contributed by atoms with Gasteiger partial charge >= 0.3 is 0 Å². The molecule has 0 heterocycles. The maximum atomic E-state index is 9.61. The minimum absolute atomic E-state index is 0.0403. The van der Waals surface area contributed by atoms with E-state index in [0.29, 0.717) is 6.04 Å². The van der Waals surface area contributed by atoms with Crippen LogP contribution in [0.1, 0.15) is 20.3 Å². The standard InChI is InChI=1S/C12H18N2O/c1-12(2)10(7-11(12)15)14-9-5-3-8(13)4-6-9/h3-6,10-11,14-15H,7,13H2,1-2H3. The fourth-order valence-electron chi connectivity index (χ4n) is 1.93. The molecule has 2 rings (SSSR count). The lowest BCUT2D eigenvalue weighted by Gasteiger charge is -2.49. The van der Waals surface area contributed by atoms with Crippen molar-refractivity contribution >= 4 is 11.4 Å². The normalized spacial score (nSPS) is 28.2. The molecule has 0 spiro atoms. The second-order valence-corrected chi connectivity index (χ2v) is 4.89. The number of anilines is 2. The first-order valence-corrected chi connectivity index (χ1v) is 5.30. The molecule has 82 valence electrons. The number of hydrogen-bond donors (Lipinski definition) is 3. The van der Waals surface area contributed by atoms with Crippen LogP contribution in [0.3, 0.4) is 0 Å². The van der Waals surface area contributed by atoms with Crippen LogP contribution in [-0.4, -0.2) is 17.3 Å². The smallest absolute Gasteiger partial charge is 0.0630 e. The van der Waals surface area contributed by atoms with Gasteiger partial charge in [0.15, 0.2) is 0 Å². The summed E-state index contributed by atoms with van der Waals surface area (Å²) < 4.78 is 0. The molecule has 1 aromatic carbocycles. The van der Waals surface area contributed by atoms with Crippen molar-refractivity contribution in [1.82, 2.24) is 0 Å². The first kappa shape index (κ1) is 10.3. The number of nitrogens with two attached hydrogens (primary N) is 1. The van der Waals surface area contributed by atoms with Gasteiger partial charge in [-0.3, -0.25) is 0 Å². The third-order valence-electron chi connectivity index (χ3n) is 3.47. The highest BCUT2D eigenvalue weighted by atomic mass is 16.3. The Morgan fingerprint density at radius 1 is 1.33 bits per heavy atom. The molecule has 15 heavy (non-hydrogen) atoms. The van der Waals surface area contributed by atoms with Crippen molar-refractivity contribution in [2.24, 2.45) is 5.41 Å². The maximum Gasteiger partial charge on any atom is 0.0630 e. The molecule has 1 aliphatic carbocycles. The topological polar surface area (TPSA) is 58.3 Å². The van der Waals surface area contributed by atoms with Gasteiger partial charge in [0.25, 0.3) is 0 Å². The minimum atomic E-state index is -0.191. The van der Waals surface area contributed by atoms with Crippen LogP contribution in [-0.2, 0) is 0 Å². The van der Waals surface area contributed by atoms with Crippen LogP contribution in [0.5, 0.6) is 0 Å². The fraction of sp³-hybridized carbons (Fsp3) is 0.500. The molecule has 0 aliphatic heterocycles. The highest BCUT2D eigenvalue weighted by Crippen LogP contribution is 2.42. The van der Waals surface area contributed by atoms with Crippen molar-refractivity contribution in [3.8, 4) is 0 Å². The summed E-state index contributed by atoms with van der Waals surface area (Å²) in [6.45, 7) is 4.16. The van der Waals surface area contributed by atoms with E-state index in [1.165, 1.54) is 0 Å². The average Bonchev–Trinajstić information content (AvgIpc) is 2.21. The van der Waals surface area contributed by atoms with Gasteiger partial charge in [0, 0.05) is 22.8 Å². The summed E-state index contributed by atoms with van der Waals surface area (Å²) in [4.78, 5) is 0. The average molecular weight is 206 g/mol. The molecule has 3 heteroatoms. The predicted octanol–water partition coefficient (Wildman–Crippen LogP) is 1.84. The van der Waals surface area contributed by atoms with Crippen LogP contribution in [0.4, 0.5) is 11.4 Å². The molecule has 2 atom stereocenters. The molecule has 1 aromatic rings. The number of aliphatic hydroxyl groups is 1. The van der Waals surface area contributed by atoms with Gasteiger partial charge in [-0.1, -0.05) is 13.8 Å². The number of nitrogen functional groups attached to an aromatic ring is 1. The molecular formula is C12H18N2O. The predicted molar refractivity (Wildman–Crippen MR) is 62.7 cm³/mol. The molecule has 3 nitrogen and oxygen atoms in total. The van der Waals surface area contributed by atoms with Gasteiger partial charge in [-0.2, -0.15) is 0 Å². The number of rotatable bonds is 2. The van der Waals surface area contributed by atoms with Crippen molar-refractivity contribution < 1.29 is 5.11 Å². The number of aliphatic hydroxyl groups excluding tert-OH is 1. The third-order valence-corrected chi connectivity index (χ3v) is 3.47. The van der Waals surface area contributed by atoms with E-state index in [9.17, 15) is 5.11 Å². The highest BCUT2D eigenvalue weighted by molar-refractivity contribution is 5.52. The molecule has 4 N–H and O–H groups in total. The lowest BCUT2D eigenvalue weighted by Crippen LogP contribution is -2.56. The first-order valence-electron chi connectivity index (χ1n) is 5.30. The molecule has 0 aromatic heterocycles. The summed E-state index contributed by atoms with van der Waals surface area (Å²) in [7, 11) is 0. The Labute approximate surface area is 90.3 Å². The molecular weight excluding hydrogens is 188 g/mol. The van der Waals surface area contributed by atoms with Crippen molar-refractivity contribution in [3.63, 3.8) is 0 Å². The Morgan fingerprint density at radius 2 is 1.93 bits per heavy atom. The van der Waals surface area contributed by atoms with E-state index in [-0.39, 0.29) is 11.5 Å². The first-order chi connectivity index (χ1) is 7.00. The second-order valence-electron chi connectivity index (χ2n) is 4.89. The Kier molecular flexibility index (Phi) is 2.35. The number of nitrogens with one attached hydrogen (secondary N) is 1. The quantitative estimate of drug-likeness (QED) is 0.647. The monoisotopic (exact) mass is 206 g/mol. The van der Waals surface area contributed by atoms with Crippen molar-refractivity contribution in [1.29, 1.82) is 0 Å². The number of hydrogen-bond acceptors (Lipinski definition) is 3. The molecule has 0 bridgehead atoms. The summed E-state index contributed by atoms with van der Waals surface area (Å²) in [6, 6.07) is 8.04. The second kappa shape index (κ2) is 3.42. The molecule has 1 aliphatic rings. The highest BCUT2D eigenvalue weighted by Gasteiger charge is 2.47. The van der Waals surface area contributed by atoms with Crippen LogP contribution in [0.2, 0.25) is 0 Å². The van der Waals surface area contributed by atoms with Crippen LogP contribution in [0.15, 0.2) is 24.3 Å². The van der Waals surface area contributed by atoms with Gasteiger partial charge in [-0.05, 0) is 30.7 Å². The summed E-state index contributed by atoms with van der Waals surface area (Å²) in [6.07, 6.45) is 0.626. The summed E-state index contributed by atoms with van der Waals surface area (Å²) >= 11 is 0. The molecule has 0 saturated heterocycles. The van der Waals surface area contributed by atoms with Gasteiger partial charge in [-0.15, -0.1) is 0 Å². The van der Waals surface area contributed by atoms with Gasteiger partial charge < -0.3 is 16.2 Å². The molecule has 0 radical (unpaired) electrons. The van der Waals surface area contributed by atoms with Gasteiger partial charge in [-0.25, -0.2) is 0 Å². The molecule has 0 amide bonds.